The van der Waals surface area contributed by atoms with Gasteiger partial charge in [-0.25, -0.2) is 4.79 Å². The van der Waals surface area contributed by atoms with Crippen LogP contribution < -0.4 is 10.6 Å². The molecule has 2 amide bonds. The molecule has 0 radical (unpaired) electrons. The van der Waals surface area contributed by atoms with Gasteiger partial charge in [-0.3, -0.25) is 19.7 Å². The Balaban J connectivity index is 2.03. The molecule has 2 rings (SSSR count). The van der Waals surface area contributed by atoms with E-state index in [9.17, 15) is 24.5 Å². The molecule has 1 atom stereocenters. The Morgan fingerprint density at radius 1 is 1.17 bits per heavy atom. The van der Waals surface area contributed by atoms with Gasteiger partial charge in [0.05, 0.1) is 9.92 Å². The van der Waals surface area contributed by atoms with Crippen molar-refractivity contribution in [3.63, 3.8) is 0 Å². The lowest BCUT2D eigenvalue weighted by molar-refractivity contribution is -0.384. The second-order valence-corrected chi connectivity index (χ2v) is 8.72. The molecule has 0 aliphatic carbocycles. The Kier molecular flexibility index (Phi) is 6.93. The lowest BCUT2D eigenvalue weighted by atomic mass is 9.96. The molecule has 160 valence electrons. The van der Waals surface area contributed by atoms with Crippen LogP contribution in [0.2, 0.25) is 0 Å². The Bertz CT molecular complexity index is 993. The highest BCUT2D eigenvalue weighted by molar-refractivity contribution is 7.18. The number of carbonyl (C=O) groups is 3. The third kappa shape index (κ3) is 5.86. The second kappa shape index (κ2) is 9.04. The number of amides is 2. The van der Waals surface area contributed by atoms with Gasteiger partial charge in [0.25, 0.3) is 11.6 Å². The van der Waals surface area contributed by atoms with Gasteiger partial charge >= 0.3 is 5.97 Å². The number of hydrogen-bond acceptors (Lipinski definition) is 7. The first kappa shape index (κ1) is 23.0. The fourth-order valence-electron chi connectivity index (χ4n) is 2.25. The van der Waals surface area contributed by atoms with E-state index in [0.717, 1.165) is 11.3 Å². The molecule has 0 aliphatic heterocycles. The first-order valence-electron chi connectivity index (χ1n) is 9.06. The summed E-state index contributed by atoms with van der Waals surface area (Å²) in [6, 6.07) is 7.10. The quantitative estimate of drug-likeness (QED) is 0.400. The van der Waals surface area contributed by atoms with Crippen molar-refractivity contribution in [2.45, 2.75) is 40.7 Å². The molecule has 0 saturated carbocycles. The minimum atomic E-state index is -1.13. The Morgan fingerprint density at radius 2 is 1.83 bits per heavy atom. The van der Waals surface area contributed by atoms with Gasteiger partial charge in [0, 0.05) is 23.2 Å². The first-order valence-corrected chi connectivity index (χ1v) is 9.88. The average Bonchev–Trinajstić information content (AvgIpc) is 3.01. The minimum absolute atomic E-state index is 0.170. The number of esters is 1. The number of carbonyl (C=O) groups excluding carboxylic acids is 3. The fourth-order valence-corrected chi connectivity index (χ4v) is 3.21. The van der Waals surface area contributed by atoms with Crippen LogP contribution in [0.5, 0.6) is 0 Å². The Morgan fingerprint density at radius 3 is 2.43 bits per heavy atom. The van der Waals surface area contributed by atoms with E-state index in [-0.39, 0.29) is 22.2 Å². The number of hydrogen-bond donors (Lipinski definition) is 2. The van der Waals surface area contributed by atoms with Crippen LogP contribution in [-0.4, -0.2) is 28.8 Å². The van der Waals surface area contributed by atoms with Gasteiger partial charge in [-0.05, 0) is 31.5 Å². The number of aryl methyl sites for hydroxylation is 1. The summed E-state index contributed by atoms with van der Waals surface area (Å²) in [6.45, 7) is 8.43. The number of benzene rings is 1. The topological polar surface area (TPSA) is 128 Å². The zero-order chi connectivity index (χ0) is 22.6. The van der Waals surface area contributed by atoms with E-state index in [0.29, 0.717) is 10.6 Å². The monoisotopic (exact) mass is 433 g/mol. The summed E-state index contributed by atoms with van der Waals surface area (Å²) in [5.41, 5.74) is 0.0751. The molecule has 0 bridgehead atoms. The second-order valence-electron chi connectivity index (χ2n) is 7.67. The lowest BCUT2D eigenvalue weighted by Gasteiger charge is -2.16. The standard InChI is InChI=1S/C20H23N3O6S/c1-11-9-15(22-19(26)20(3,4)5)30-16(11)18(25)29-12(2)17(24)21-13-7-6-8-14(10-13)23(27)28/h6-10,12H,1-5H3,(H,21,24)(H,22,26). The maximum absolute atomic E-state index is 12.5. The van der Waals surface area contributed by atoms with Gasteiger partial charge in [0.2, 0.25) is 5.91 Å². The summed E-state index contributed by atoms with van der Waals surface area (Å²) >= 11 is 1.06. The number of rotatable bonds is 6. The molecule has 10 heteroatoms. The lowest BCUT2D eigenvalue weighted by Crippen LogP contribution is -2.30. The first-order chi connectivity index (χ1) is 13.9. The van der Waals surface area contributed by atoms with Crippen LogP contribution in [0.3, 0.4) is 0 Å². The smallest absolute Gasteiger partial charge is 0.349 e. The number of non-ortho nitro benzene ring substituents is 1. The van der Waals surface area contributed by atoms with E-state index in [4.69, 9.17) is 4.74 Å². The minimum Gasteiger partial charge on any atom is -0.448 e. The molecule has 0 saturated heterocycles. The molecule has 30 heavy (non-hydrogen) atoms. The Hall–Kier alpha value is -3.27. The van der Waals surface area contributed by atoms with Crippen molar-refractivity contribution in [3.05, 3.63) is 50.9 Å². The third-order valence-electron chi connectivity index (χ3n) is 4.00. The fraction of sp³-hybridized carbons (Fsp3) is 0.350. The normalized spacial score (nSPS) is 12.0. The molecule has 0 fully saturated rings. The van der Waals surface area contributed by atoms with Crippen LogP contribution in [0, 0.1) is 22.5 Å². The molecule has 1 heterocycles. The van der Waals surface area contributed by atoms with Gasteiger partial charge in [-0.15, -0.1) is 11.3 Å². The van der Waals surface area contributed by atoms with Crippen LogP contribution >= 0.6 is 11.3 Å². The molecular weight excluding hydrogens is 410 g/mol. The van der Waals surface area contributed by atoms with Gasteiger partial charge < -0.3 is 15.4 Å². The highest BCUT2D eigenvalue weighted by Gasteiger charge is 2.25. The maximum atomic E-state index is 12.5. The molecular formula is C20H23N3O6S. The third-order valence-corrected chi connectivity index (χ3v) is 5.13. The SMILES string of the molecule is Cc1cc(NC(=O)C(C)(C)C)sc1C(=O)OC(C)C(=O)Nc1cccc([N+](=O)[O-])c1. The predicted molar refractivity (Wildman–Crippen MR) is 114 cm³/mol. The van der Waals surface area contributed by atoms with Crippen LogP contribution in [0.1, 0.15) is 42.9 Å². The van der Waals surface area contributed by atoms with Crippen molar-refractivity contribution in [2.75, 3.05) is 10.6 Å². The van der Waals surface area contributed by atoms with E-state index in [2.05, 4.69) is 10.6 Å². The number of nitro benzene ring substituents is 1. The molecule has 0 aliphatic rings. The molecule has 9 nitrogen and oxygen atoms in total. The van der Waals surface area contributed by atoms with Crippen LogP contribution in [0.25, 0.3) is 0 Å². The number of anilines is 2. The summed E-state index contributed by atoms with van der Waals surface area (Å²) in [7, 11) is 0. The Labute approximate surface area is 177 Å². The van der Waals surface area contributed by atoms with Gasteiger partial charge in [-0.1, -0.05) is 26.8 Å². The number of nitrogens with one attached hydrogen (secondary N) is 2. The molecule has 1 unspecified atom stereocenters. The molecule has 1 aromatic heterocycles. The summed E-state index contributed by atoms with van der Waals surface area (Å²) in [4.78, 5) is 47.4. The van der Waals surface area contributed by atoms with E-state index >= 15 is 0 Å². The largest absolute Gasteiger partial charge is 0.448 e. The van der Waals surface area contributed by atoms with E-state index in [1.807, 2.05) is 0 Å². The maximum Gasteiger partial charge on any atom is 0.349 e. The van der Waals surface area contributed by atoms with Gasteiger partial charge in [0.1, 0.15) is 4.88 Å². The summed E-state index contributed by atoms with van der Waals surface area (Å²) in [5.74, 6) is -1.51. The highest BCUT2D eigenvalue weighted by Crippen LogP contribution is 2.29. The van der Waals surface area contributed by atoms with Crippen molar-refractivity contribution in [3.8, 4) is 0 Å². The zero-order valence-corrected chi connectivity index (χ0v) is 18.1. The average molecular weight is 433 g/mol. The number of thiophene rings is 1. The molecule has 2 N–H and O–H groups in total. The summed E-state index contributed by atoms with van der Waals surface area (Å²) < 4.78 is 5.23. The summed E-state index contributed by atoms with van der Waals surface area (Å²) in [5, 5.41) is 16.6. The van der Waals surface area contributed by atoms with E-state index < -0.39 is 28.3 Å². The molecule has 2 aromatic rings. The van der Waals surface area contributed by atoms with Crippen molar-refractivity contribution < 1.29 is 24.0 Å². The zero-order valence-electron chi connectivity index (χ0n) is 17.3. The van der Waals surface area contributed by atoms with Crippen LogP contribution in [0.4, 0.5) is 16.4 Å². The number of nitro groups is 1. The van der Waals surface area contributed by atoms with Crippen molar-refractivity contribution >= 4 is 45.5 Å². The summed E-state index contributed by atoms with van der Waals surface area (Å²) in [6.07, 6.45) is -1.13. The van der Waals surface area contributed by atoms with Gasteiger partial charge in [0.15, 0.2) is 6.10 Å². The van der Waals surface area contributed by atoms with Gasteiger partial charge in [-0.2, -0.15) is 0 Å². The van der Waals surface area contributed by atoms with E-state index in [1.54, 1.807) is 33.8 Å². The molecule has 0 spiro atoms. The van der Waals surface area contributed by atoms with Crippen LogP contribution in [-0.2, 0) is 14.3 Å². The predicted octanol–water partition coefficient (Wildman–Crippen LogP) is 4.13. The highest BCUT2D eigenvalue weighted by atomic mass is 32.1. The van der Waals surface area contributed by atoms with Crippen molar-refractivity contribution in [2.24, 2.45) is 5.41 Å². The molecule has 1 aromatic carbocycles. The number of nitrogens with zero attached hydrogens (tertiary/aromatic N) is 1. The van der Waals surface area contributed by atoms with E-state index in [1.165, 1.54) is 31.2 Å². The van der Waals surface area contributed by atoms with Crippen molar-refractivity contribution in [1.82, 2.24) is 0 Å². The number of ether oxygens (including phenoxy) is 1. The van der Waals surface area contributed by atoms with Crippen molar-refractivity contribution in [1.29, 1.82) is 0 Å². The van der Waals surface area contributed by atoms with Crippen LogP contribution in [0.15, 0.2) is 30.3 Å².